The van der Waals surface area contributed by atoms with Crippen molar-refractivity contribution in [3.63, 3.8) is 0 Å². The summed E-state index contributed by atoms with van der Waals surface area (Å²) in [6.45, 7) is 6.44. The molecule has 1 N–H and O–H groups in total. The molecule has 1 fully saturated rings. The van der Waals surface area contributed by atoms with Crippen LogP contribution in [0, 0.1) is 17.8 Å². The van der Waals surface area contributed by atoms with Gasteiger partial charge in [0.05, 0.1) is 11.8 Å². The second-order valence-electron chi connectivity index (χ2n) is 5.28. The van der Waals surface area contributed by atoms with Crippen LogP contribution in [0.25, 0.3) is 0 Å². The number of ether oxygens (including phenoxy) is 3. The van der Waals surface area contributed by atoms with Crippen LogP contribution in [-0.2, 0) is 19.0 Å². The Hall–Kier alpha value is -1.07. The van der Waals surface area contributed by atoms with E-state index in [9.17, 15) is 9.90 Å². The molecule has 19 heavy (non-hydrogen) atoms. The SMILES string of the molecule is CCOC(C)OC1OC=C(C(=O)O)C2CCC(C)[C@@H]12. The maximum Gasteiger partial charge on any atom is 0.334 e. The molecular formula is C14H22O5. The van der Waals surface area contributed by atoms with Crippen molar-refractivity contribution < 1.29 is 24.1 Å². The van der Waals surface area contributed by atoms with E-state index in [0.717, 1.165) is 12.8 Å². The molecule has 5 nitrogen and oxygen atoms in total. The average Bonchev–Trinajstić information content (AvgIpc) is 2.72. The lowest BCUT2D eigenvalue weighted by atomic mass is 9.83. The molecule has 1 saturated carbocycles. The summed E-state index contributed by atoms with van der Waals surface area (Å²) in [5.74, 6) is -0.369. The predicted octanol–water partition coefficient (Wildman–Crippen LogP) is 2.37. The Bertz CT molecular complexity index is 365. The average molecular weight is 270 g/mol. The van der Waals surface area contributed by atoms with Gasteiger partial charge in [0.25, 0.3) is 0 Å². The Labute approximate surface area is 113 Å². The smallest absolute Gasteiger partial charge is 0.334 e. The summed E-state index contributed by atoms with van der Waals surface area (Å²) in [6, 6.07) is 0. The Balaban J connectivity index is 2.11. The number of carboxylic acid groups (broad SMARTS) is 1. The molecule has 5 heteroatoms. The van der Waals surface area contributed by atoms with E-state index >= 15 is 0 Å². The van der Waals surface area contributed by atoms with E-state index in [0.29, 0.717) is 18.1 Å². The first-order valence-electron chi connectivity index (χ1n) is 6.90. The van der Waals surface area contributed by atoms with Gasteiger partial charge in [0.2, 0.25) is 6.29 Å². The van der Waals surface area contributed by atoms with Crippen LogP contribution in [0.4, 0.5) is 0 Å². The van der Waals surface area contributed by atoms with Crippen molar-refractivity contribution in [3.05, 3.63) is 11.8 Å². The molecule has 0 amide bonds. The molecular weight excluding hydrogens is 248 g/mol. The van der Waals surface area contributed by atoms with Gasteiger partial charge < -0.3 is 19.3 Å². The van der Waals surface area contributed by atoms with Crippen LogP contribution in [0.2, 0.25) is 0 Å². The van der Waals surface area contributed by atoms with E-state index in [4.69, 9.17) is 14.2 Å². The van der Waals surface area contributed by atoms with Crippen molar-refractivity contribution in [1.82, 2.24) is 0 Å². The monoisotopic (exact) mass is 270 g/mol. The maximum absolute atomic E-state index is 11.2. The fourth-order valence-corrected chi connectivity index (χ4v) is 3.16. The Morgan fingerprint density at radius 3 is 2.95 bits per heavy atom. The van der Waals surface area contributed by atoms with Crippen molar-refractivity contribution >= 4 is 5.97 Å². The minimum absolute atomic E-state index is 0.0278. The van der Waals surface area contributed by atoms with Crippen LogP contribution < -0.4 is 0 Å². The Morgan fingerprint density at radius 2 is 2.32 bits per heavy atom. The summed E-state index contributed by atoms with van der Waals surface area (Å²) in [6.07, 6.45) is 2.49. The summed E-state index contributed by atoms with van der Waals surface area (Å²) in [5.41, 5.74) is 0.373. The Morgan fingerprint density at radius 1 is 1.58 bits per heavy atom. The van der Waals surface area contributed by atoms with Gasteiger partial charge in [-0.3, -0.25) is 0 Å². The minimum Gasteiger partial charge on any atom is -0.478 e. The van der Waals surface area contributed by atoms with E-state index in [1.54, 1.807) is 0 Å². The molecule has 2 aliphatic rings. The molecule has 108 valence electrons. The fourth-order valence-electron chi connectivity index (χ4n) is 3.16. The van der Waals surface area contributed by atoms with Crippen LogP contribution in [0.3, 0.4) is 0 Å². The molecule has 2 rings (SSSR count). The zero-order chi connectivity index (χ0) is 14.0. The van der Waals surface area contributed by atoms with Crippen molar-refractivity contribution in [2.45, 2.75) is 46.2 Å². The quantitative estimate of drug-likeness (QED) is 0.777. The van der Waals surface area contributed by atoms with Crippen LogP contribution in [-0.4, -0.2) is 30.3 Å². The summed E-state index contributed by atoms with van der Waals surface area (Å²) < 4.78 is 16.6. The standard InChI is InChI=1S/C14H22O5/c1-4-17-9(3)19-14-12-8(2)5-6-10(12)11(7-18-14)13(15)16/h7-10,12,14H,4-6H2,1-3H3,(H,15,16)/t8?,9?,10?,12-,14?/m1/s1. The number of aliphatic carboxylic acids is 1. The van der Waals surface area contributed by atoms with E-state index in [-0.39, 0.29) is 18.1 Å². The van der Waals surface area contributed by atoms with Crippen LogP contribution in [0.15, 0.2) is 11.8 Å². The molecule has 0 radical (unpaired) electrons. The molecule has 0 spiro atoms. The predicted molar refractivity (Wildman–Crippen MR) is 68.1 cm³/mol. The van der Waals surface area contributed by atoms with Gasteiger partial charge in [0.15, 0.2) is 6.29 Å². The van der Waals surface area contributed by atoms with Gasteiger partial charge in [-0.1, -0.05) is 6.92 Å². The number of carbonyl (C=O) groups is 1. The topological polar surface area (TPSA) is 65.0 Å². The van der Waals surface area contributed by atoms with Gasteiger partial charge in [0.1, 0.15) is 0 Å². The summed E-state index contributed by atoms with van der Waals surface area (Å²) in [7, 11) is 0. The first-order valence-corrected chi connectivity index (χ1v) is 6.90. The highest BCUT2D eigenvalue weighted by molar-refractivity contribution is 5.87. The highest BCUT2D eigenvalue weighted by atomic mass is 16.8. The molecule has 0 aromatic rings. The number of hydrogen-bond donors (Lipinski definition) is 1. The first kappa shape index (κ1) is 14.3. The lowest BCUT2D eigenvalue weighted by Crippen LogP contribution is -2.39. The van der Waals surface area contributed by atoms with Crippen molar-refractivity contribution in [2.75, 3.05) is 6.61 Å². The molecule has 1 heterocycles. The molecule has 0 aromatic heterocycles. The normalized spacial score (nSPS) is 35.2. The fraction of sp³-hybridized carbons (Fsp3) is 0.786. The Kier molecular flexibility index (Phi) is 4.47. The van der Waals surface area contributed by atoms with Gasteiger partial charge in [-0.15, -0.1) is 0 Å². The van der Waals surface area contributed by atoms with Gasteiger partial charge in [-0.2, -0.15) is 0 Å². The largest absolute Gasteiger partial charge is 0.478 e. The number of hydrogen-bond acceptors (Lipinski definition) is 4. The number of rotatable bonds is 5. The molecule has 5 atom stereocenters. The first-order chi connectivity index (χ1) is 9.04. The molecule has 1 aliphatic heterocycles. The van der Waals surface area contributed by atoms with E-state index in [1.165, 1.54) is 6.26 Å². The van der Waals surface area contributed by atoms with Crippen molar-refractivity contribution in [1.29, 1.82) is 0 Å². The molecule has 0 saturated heterocycles. The molecule has 0 aromatic carbocycles. The van der Waals surface area contributed by atoms with Gasteiger partial charge in [-0.05, 0) is 32.6 Å². The highest BCUT2D eigenvalue weighted by Crippen LogP contribution is 2.46. The zero-order valence-corrected chi connectivity index (χ0v) is 11.7. The van der Waals surface area contributed by atoms with Crippen LogP contribution in [0.5, 0.6) is 0 Å². The number of carboxylic acids is 1. The van der Waals surface area contributed by atoms with Gasteiger partial charge in [-0.25, -0.2) is 4.79 Å². The lowest BCUT2D eigenvalue weighted by Gasteiger charge is -2.35. The third kappa shape index (κ3) is 2.92. The third-order valence-electron chi connectivity index (χ3n) is 4.07. The van der Waals surface area contributed by atoms with E-state index in [2.05, 4.69) is 6.92 Å². The van der Waals surface area contributed by atoms with Crippen molar-refractivity contribution in [2.24, 2.45) is 17.8 Å². The summed E-state index contributed by atoms with van der Waals surface area (Å²) in [4.78, 5) is 11.2. The second-order valence-corrected chi connectivity index (χ2v) is 5.28. The summed E-state index contributed by atoms with van der Waals surface area (Å²) in [5, 5.41) is 9.21. The highest BCUT2D eigenvalue weighted by Gasteiger charge is 2.47. The lowest BCUT2D eigenvalue weighted by molar-refractivity contribution is -0.250. The number of fused-ring (bicyclic) bond motifs is 1. The molecule has 4 unspecified atom stereocenters. The van der Waals surface area contributed by atoms with Crippen molar-refractivity contribution in [3.8, 4) is 0 Å². The third-order valence-corrected chi connectivity index (χ3v) is 4.07. The summed E-state index contributed by atoms with van der Waals surface area (Å²) >= 11 is 0. The van der Waals surface area contributed by atoms with Gasteiger partial charge in [0, 0.05) is 18.4 Å². The minimum atomic E-state index is -0.889. The zero-order valence-electron chi connectivity index (χ0n) is 11.7. The maximum atomic E-state index is 11.2. The molecule has 1 aliphatic carbocycles. The second kappa shape index (κ2) is 5.92. The van der Waals surface area contributed by atoms with E-state index in [1.807, 2.05) is 13.8 Å². The van der Waals surface area contributed by atoms with Crippen LogP contribution in [0.1, 0.15) is 33.6 Å². The molecule has 0 bridgehead atoms. The van der Waals surface area contributed by atoms with Gasteiger partial charge >= 0.3 is 5.97 Å². The van der Waals surface area contributed by atoms with E-state index < -0.39 is 12.3 Å². The van der Waals surface area contributed by atoms with Crippen LogP contribution >= 0.6 is 0 Å².